The molecule has 0 aromatic heterocycles. The molecule has 0 rings (SSSR count). The first-order valence-corrected chi connectivity index (χ1v) is 8.26. The lowest BCUT2D eigenvalue weighted by molar-refractivity contribution is -0.143. The van der Waals surface area contributed by atoms with E-state index in [0.29, 0.717) is 13.0 Å². The summed E-state index contributed by atoms with van der Waals surface area (Å²) in [5, 5.41) is 0. The van der Waals surface area contributed by atoms with Gasteiger partial charge in [0.15, 0.2) is 0 Å². The summed E-state index contributed by atoms with van der Waals surface area (Å²) in [6.45, 7) is 4.51. The Morgan fingerprint density at radius 1 is 0.850 bits per heavy atom. The lowest BCUT2D eigenvalue weighted by Gasteiger charge is -2.02. The van der Waals surface area contributed by atoms with E-state index in [1.54, 1.807) is 0 Å². The number of hydrogen-bond acceptors (Lipinski definition) is 2. The second-order valence-corrected chi connectivity index (χ2v) is 5.05. The average molecular weight is 280 g/mol. The van der Waals surface area contributed by atoms with E-state index >= 15 is 0 Å². The summed E-state index contributed by atoms with van der Waals surface area (Å²) in [5.41, 5.74) is 0. The molecule has 0 saturated heterocycles. The predicted molar refractivity (Wildman–Crippen MR) is 86.8 cm³/mol. The minimum atomic E-state index is -0.0465. The molecule has 0 aromatic carbocycles. The Kier molecular flexibility index (Phi) is 15.2. The third-order valence-electron chi connectivity index (χ3n) is 3.15. The van der Waals surface area contributed by atoms with E-state index in [2.05, 4.69) is 31.2 Å². The van der Waals surface area contributed by atoms with Gasteiger partial charge in [-0.2, -0.15) is 0 Å². The molecular weight excluding hydrogens is 248 g/mol. The number of allylic oxidation sites excluding steroid dienone is 4. The van der Waals surface area contributed by atoms with Crippen LogP contribution in [-0.2, 0) is 9.53 Å². The minimum absolute atomic E-state index is 0.0465. The number of carbonyl (C=O) groups is 1. The third-order valence-corrected chi connectivity index (χ3v) is 3.15. The number of hydrogen-bond donors (Lipinski definition) is 0. The second-order valence-electron chi connectivity index (χ2n) is 5.05. The zero-order valence-electron chi connectivity index (χ0n) is 13.4. The highest BCUT2D eigenvalue weighted by molar-refractivity contribution is 5.69. The molecular formula is C18H32O2. The van der Waals surface area contributed by atoms with Gasteiger partial charge in [0.05, 0.1) is 6.61 Å². The molecule has 0 aliphatic rings. The molecule has 0 unspecified atom stereocenters. The van der Waals surface area contributed by atoms with Crippen molar-refractivity contribution in [2.75, 3.05) is 6.61 Å². The molecule has 116 valence electrons. The van der Waals surface area contributed by atoms with E-state index in [1.165, 1.54) is 32.1 Å². The van der Waals surface area contributed by atoms with Crippen molar-refractivity contribution in [1.82, 2.24) is 0 Å². The number of rotatable bonds is 13. The van der Waals surface area contributed by atoms with Crippen molar-refractivity contribution >= 4 is 5.97 Å². The summed E-state index contributed by atoms with van der Waals surface area (Å²) < 4.78 is 4.90. The number of ether oxygens (including phenoxy) is 1. The van der Waals surface area contributed by atoms with Gasteiger partial charge in [0, 0.05) is 6.42 Å². The van der Waals surface area contributed by atoms with Crippen molar-refractivity contribution < 1.29 is 9.53 Å². The first kappa shape index (κ1) is 18.9. The SMILES string of the molecule is CC/C=C\C/C=C\CCCCCCCCC(=O)OCC. The van der Waals surface area contributed by atoms with Crippen LogP contribution in [0.15, 0.2) is 24.3 Å². The fourth-order valence-corrected chi connectivity index (χ4v) is 2.03. The standard InChI is InChI=1S/C18H32O2/c1-3-5-6-7-8-9-10-11-12-13-14-15-16-17-18(19)20-4-2/h5-6,8-9H,3-4,7,10-17H2,1-2H3/b6-5-,9-8-. The lowest BCUT2D eigenvalue weighted by atomic mass is 10.1. The van der Waals surface area contributed by atoms with Crippen LogP contribution in [0.4, 0.5) is 0 Å². The summed E-state index contributed by atoms with van der Waals surface area (Å²) in [6, 6.07) is 0. The van der Waals surface area contributed by atoms with Crippen LogP contribution in [0.1, 0.15) is 78.1 Å². The summed E-state index contributed by atoms with van der Waals surface area (Å²) in [6.07, 6.45) is 20.2. The zero-order valence-corrected chi connectivity index (χ0v) is 13.4. The minimum Gasteiger partial charge on any atom is -0.466 e. The topological polar surface area (TPSA) is 26.3 Å². The molecule has 0 heterocycles. The highest BCUT2D eigenvalue weighted by Gasteiger charge is 2.00. The highest BCUT2D eigenvalue weighted by atomic mass is 16.5. The Labute approximate surface area is 125 Å². The zero-order chi connectivity index (χ0) is 14.9. The molecule has 0 radical (unpaired) electrons. The molecule has 0 atom stereocenters. The molecule has 20 heavy (non-hydrogen) atoms. The third kappa shape index (κ3) is 15.0. The fraction of sp³-hybridized carbons (Fsp3) is 0.722. The maximum atomic E-state index is 11.1. The van der Waals surface area contributed by atoms with Crippen molar-refractivity contribution in [2.24, 2.45) is 0 Å². The van der Waals surface area contributed by atoms with Crippen LogP contribution in [0.2, 0.25) is 0 Å². The molecule has 0 bridgehead atoms. The maximum absolute atomic E-state index is 11.1. The summed E-state index contributed by atoms with van der Waals surface area (Å²) >= 11 is 0. The molecule has 0 spiro atoms. The van der Waals surface area contributed by atoms with Crippen molar-refractivity contribution in [3.8, 4) is 0 Å². The van der Waals surface area contributed by atoms with E-state index in [9.17, 15) is 4.79 Å². The van der Waals surface area contributed by atoms with Crippen molar-refractivity contribution in [1.29, 1.82) is 0 Å². The van der Waals surface area contributed by atoms with E-state index in [0.717, 1.165) is 25.7 Å². The van der Waals surface area contributed by atoms with Gasteiger partial charge < -0.3 is 4.74 Å². The van der Waals surface area contributed by atoms with Crippen molar-refractivity contribution in [3.05, 3.63) is 24.3 Å². The Morgan fingerprint density at radius 3 is 2.20 bits per heavy atom. The Balaban J connectivity index is 3.17. The van der Waals surface area contributed by atoms with E-state index in [1.807, 2.05) is 6.92 Å². The molecule has 0 fully saturated rings. The highest BCUT2D eigenvalue weighted by Crippen LogP contribution is 2.09. The molecule has 0 N–H and O–H groups in total. The maximum Gasteiger partial charge on any atom is 0.305 e. The van der Waals surface area contributed by atoms with Crippen molar-refractivity contribution in [3.63, 3.8) is 0 Å². The van der Waals surface area contributed by atoms with Crippen LogP contribution in [0.3, 0.4) is 0 Å². The number of carbonyl (C=O) groups excluding carboxylic acids is 1. The molecule has 0 aromatic rings. The molecule has 2 nitrogen and oxygen atoms in total. The van der Waals surface area contributed by atoms with Crippen LogP contribution in [0, 0.1) is 0 Å². The quantitative estimate of drug-likeness (QED) is 0.250. The van der Waals surface area contributed by atoms with Gasteiger partial charge in [-0.3, -0.25) is 4.79 Å². The van der Waals surface area contributed by atoms with Gasteiger partial charge in [-0.1, -0.05) is 56.9 Å². The summed E-state index contributed by atoms with van der Waals surface area (Å²) in [4.78, 5) is 11.1. The Hall–Kier alpha value is -1.05. The summed E-state index contributed by atoms with van der Waals surface area (Å²) in [7, 11) is 0. The molecule has 2 heteroatoms. The molecule has 0 aliphatic heterocycles. The van der Waals surface area contributed by atoms with Gasteiger partial charge in [-0.25, -0.2) is 0 Å². The number of esters is 1. The van der Waals surface area contributed by atoms with Gasteiger partial charge in [0.1, 0.15) is 0 Å². The van der Waals surface area contributed by atoms with Crippen LogP contribution in [0.5, 0.6) is 0 Å². The molecule has 0 saturated carbocycles. The molecule has 0 aliphatic carbocycles. The van der Waals surface area contributed by atoms with Crippen LogP contribution < -0.4 is 0 Å². The van der Waals surface area contributed by atoms with Gasteiger partial charge >= 0.3 is 5.97 Å². The predicted octanol–water partition coefficient (Wildman–Crippen LogP) is 5.58. The first-order chi connectivity index (χ1) is 9.81. The van der Waals surface area contributed by atoms with E-state index in [-0.39, 0.29) is 5.97 Å². The van der Waals surface area contributed by atoms with Gasteiger partial charge in [-0.15, -0.1) is 0 Å². The Bertz CT molecular complexity index is 267. The van der Waals surface area contributed by atoms with Crippen molar-refractivity contribution in [2.45, 2.75) is 78.1 Å². The van der Waals surface area contributed by atoms with Crippen LogP contribution in [-0.4, -0.2) is 12.6 Å². The van der Waals surface area contributed by atoms with Crippen LogP contribution >= 0.6 is 0 Å². The van der Waals surface area contributed by atoms with E-state index in [4.69, 9.17) is 4.74 Å². The molecule has 0 amide bonds. The normalized spacial score (nSPS) is 11.5. The smallest absolute Gasteiger partial charge is 0.305 e. The average Bonchev–Trinajstić information content (AvgIpc) is 2.44. The van der Waals surface area contributed by atoms with Gasteiger partial charge in [0.2, 0.25) is 0 Å². The van der Waals surface area contributed by atoms with E-state index < -0.39 is 0 Å². The van der Waals surface area contributed by atoms with Gasteiger partial charge in [-0.05, 0) is 39.0 Å². The van der Waals surface area contributed by atoms with Gasteiger partial charge in [0.25, 0.3) is 0 Å². The lowest BCUT2D eigenvalue weighted by Crippen LogP contribution is -2.03. The number of unbranched alkanes of at least 4 members (excludes halogenated alkanes) is 6. The Morgan fingerprint density at radius 2 is 1.50 bits per heavy atom. The largest absolute Gasteiger partial charge is 0.466 e. The van der Waals surface area contributed by atoms with Crippen LogP contribution in [0.25, 0.3) is 0 Å². The first-order valence-electron chi connectivity index (χ1n) is 8.26. The monoisotopic (exact) mass is 280 g/mol. The fourth-order valence-electron chi connectivity index (χ4n) is 2.03. The second kappa shape index (κ2) is 16.0. The summed E-state index contributed by atoms with van der Waals surface area (Å²) in [5.74, 6) is -0.0465.